The van der Waals surface area contributed by atoms with Crippen LogP contribution in [0.3, 0.4) is 0 Å². The van der Waals surface area contributed by atoms with E-state index in [0.717, 1.165) is 0 Å². The summed E-state index contributed by atoms with van der Waals surface area (Å²) in [5.41, 5.74) is -0.180. The summed E-state index contributed by atoms with van der Waals surface area (Å²) < 4.78 is 162. The molecule has 2 N–H and O–H groups in total. The third-order valence-corrected chi connectivity index (χ3v) is 12.9. The lowest BCUT2D eigenvalue weighted by Crippen LogP contribution is -2.54. The summed E-state index contributed by atoms with van der Waals surface area (Å²) in [5, 5.41) is -5.90. The molecule has 2 aliphatic rings. The van der Waals surface area contributed by atoms with Crippen LogP contribution in [0.4, 0.5) is 39.0 Å². The number of alkyl halides is 8. The standard InChI is InChI=1S/C48H25Cl4F9N4O3S/c49-28-9-1-24(2-10-28)40-33-17-18-34(62-33)41(25-3-11-29(50)12-4-25)36-21-22-38(64-36)43(27-7-15-31(52)16-8-27)44-32(45(53,54)46(55,56)68-47(57,58)48(59,60)69(61,66)67)23-39(65-44)42(37-20-19-35(40)63-37)26-5-13-30(51)14-6-26/h1-23,63,65H. The summed E-state index contributed by atoms with van der Waals surface area (Å²) in [6.45, 7) is 0. The van der Waals surface area contributed by atoms with Gasteiger partial charge in [0, 0.05) is 58.9 Å². The lowest BCUT2D eigenvalue weighted by atomic mass is 9.99. The molecule has 69 heavy (non-hydrogen) atoms. The van der Waals surface area contributed by atoms with Gasteiger partial charge in [-0.1, -0.05) is 98.8 Å². The number of nitrogens with zero attached hydrogens (tertiary/aromatic N) is 2. The Hall–Kier alpha value is -6.08. The maximum absolute atomic E-state index is 17.0. The van der Waals surface area contributed by atoms with Gasteiger partial charge in [-0.25, -0.2) is 14.7 Å². The number of halogens is 13. The summed E-state index contributed by atoms with van der Waals surface area (Å²) in [6, 6.07) is 28.0. The monoisotopic (exact) mass is 1050 g/mol. The normalized spacial score (nSPS) is 13.3. The predicted octanol–water partition coefficient (Wildman–Crippen LogP) is 16.1. The average Bonchev–Trinajstić information content (AvgIpc) is 4.13. The molecule has 0 saturated heterocycles. The van der Waals surface area contributed by atoms with Crippen LogP contribution in [0, 0.1) is 0 Å². The molecule has 0 unspecified atom stereocenters. The lowest BCUT2D eigenvalue weighted by Gasteiger charge is -2.31. The molecule has 4 aromatic carbocycles. The van der Waals surface area contributed by atoms with E-state index in [-0.39, 0.29) is 43.6 Å². The molecule has 0 fully saturated rings. The van der Waals surface area contributed by atoms with E-state index < -0.39 is 55.8 Å². The molecule has 0 spiro atoms. The van der Waals surface area contributed by atoms with Crippen LogP contribution in [-0.4, -0.2) is 45.8 Å². The van der Waals surface area contributed by atoms with Crippen LogP contribution in [-0.2, 0) is 20.9 Å². The van der Waals surface area contributed by atoms with Gasteiger partial charge < -0.3 is 9.97 Å². The van der Waals surface area contributed by atoms with E-state index in [4.69, 9.17) is 56.4 Å². The van der Waals surface area contributed by atoms with Gasteiger partial charge in [-0.05, 0) is 113 Å². The number of fused-ring (bicyclic) bond motifs is 8. The Morgan fingerprint density at radius 2 is 0.812 bits per heavy atom. The Morgan fingerprint density at radius 1 is 0.449 bits per heavy atom. The Bertz CT molecular complexity index is 3550. The zero-order chi connectivity index (χ0) is 49.4. The molecule has 2 aliphatic heterocycles. The Morgan fingerprint density at radius 3 is 1.25 bits per heavy atom. The molecular formula is C48H25Cl4F9N4O3S. The first-order valence-corrected chi connectivity index (χ1v) is 22.8. The summed E-state index contributed by atoms with van der Waals surface area (Å²) in [5.74, 6) is -6.09. The van der Waals surface area contributed by atoms with Crippen molar-refractivity contribution in [2.24, 2.45) is 0 Å². The van der Waals surface area contributed by atoms with Crippen molar-refractivity contribution in [2.45, 2.75) is 23.4 Å². The molecule has 0 radical (unpaired) electrons. The highest BCUT2D eigenvalue weighted by atomic mass is 35.5. The Balaban J connectivity index is 1.49. The van der Waals surface area contributed by atoms with E-state index in [2.05, 4.69) is 14.7 Å². The van der Waals surface area contributed by atoms with Crippen molar-refractivity contribution in [3.8, 4) is 44.5 Å². The van der Waals surface area contributed by atoms with E-state index >= 15 is 17.6 Å². The number of aromatic amines is 2. The molecule has 21 heteroatoms. The fourth-order valence-corrected chi connectivity index (χ4v) is 8.63. The summed E-state index contributed by atoms with van der Waals surface area (Å²) in [6.07, 6.45) is -7.47. The lowest BCUT2D eigenvalue weighted by molar-refractivity contribution is -0.459. The minimum absolute atomic E-state index is 0.0190. The summed E-state index contributed by atoms with van der Waals surface area (Å²) in [7, 11) is -7.73. The Labute approximate surface area is 404 Å². The third kappa shape index (κ3) is 8.69. The number of H-pyrrole nitrogens is 2. The molecule has 352 valence electrons. The van der Waals surface area contributed by atoms with E-state index in [1.165, 1.54) is 66.7 Å². The number of aromatic nitrogens is 4. The van der Waals surface area contributed by atoms with Gasteiger partial charge in [0.15, 0.2) is 0 Å². The predicted molar refractivity (Wildman–Crippen MR) is 250 cm³/mol. The van der Waals surface area contributed by atoms with Crippen molar-refractivity contribution in [1.29, 1.82) is 0 Å². The quantitative estimate of drug-likeness (QED) is 0.105. The van der Waals surface area contributed by atoms with Crippen LogP contribution in [0.25, 0.3) is 90.9 Å². The maximum atomic E-state index is 17.0. The largest absolute Gasteiger partial charge is 0.464 e. The number of hydrogen-bond acceptors (Lipinski definition) is 5. The fraction of sp³-hybridized carbons (Fsp3) is 0.0833. The van der Waals surface area contributed by atoms with Gasteiger partial charge in [0.05, 0.1) is 33.9 Å². The number of benzene rings is 4. The van der Waals surface area contributed by atoms with Gasteiger partial charge in [0.25, 0.3) is 0 Å². The first-order valence-electron chi connectivity index (χ1n) is 19.9. The molecule has 7 nitrogen and oxygen atoms in total. The zero-order valence-electron chi connectivity index (χ0n) is 34.2. The van der Waals surface area contributed by atoms with Crippen molar-refractivity contribution in [3.05, 3.63) is 164 Å². The molecule has 8 bridgehead atoms. The minimum Gasteiger partial charge on any atom is -0.354 e. The van der Waals surface area contributed by atoms with Gasteiger partial charge >= 0.3 is 33.6 Å². The van der Waals surface area contributed by atoms with E-state index in [1.54, 1.807) is 66.7 Å². The highest BCUT2D eigenvalue weighted by molar-refractivity contribution is 7.87. The average molecular weight is 1050 g/mol. The van der Waals surface area contributed by atoms with Crippen LogP contribution >= 0.6 is 46.4 Å². The van der Waals surface area contributed by atoms with Gasteiger partial charge in [0.2, 0.25) is 0 Å². The van der Waals surface area contributed by atoms with Crippen molar-refractivity contribution < 1.29 is 52.2 Å². The van der Waals surface area contributed by atoms with Crippen LogP contribution in [0.2, 0.25) is 20.1 Å². The van der Waals surface area contributed by atoms with Crippen LogP contribution < -0.4 is 0 Å². The number of ether oxygens (including phenoxy) is 1. The smallest absolute Gasteiger partial charge is 0.354 e. The molecule has 7 aromatic rings. The first kappa shape index (κ1) is 48.0. The summed E-state index contributed by atoms with van der Waals surface area (Å²) in [4.78, 5) is 15.9. The van der Waals surface area contributed by atoms with Gasteiger partial charge in [-0.2, -0.15) is 43.5 Å². The molecule has 0 atom stereocenters. The Kier molecular flexibility index (Phi) is 12.1. The fourth-order valence-electron chi connectivity index (χ4n) is 7.80. The van der Waals surface area contributed by atoms with Gasteiger partial charge in [0.1, 0.15) is 0 Å². The molecule has 9 rings (SSSR count). The number of nitrogens with one attached hydrogen (secondary N) is 2. The van der Waals surface area contributed by atoms with Crippen LogP contribution in [0.5, 0.6) is 0 Å². The van der Waals surface area contributed by atoms with E-state index in [0.29, 0.717) is 55.3 Å². The van der Waals surface area contributed by atoms with Gasteiger partial charge in [-0.3, -0.25) is 0 Å². The molecule has 0 aliphatic carbocycles. The van der Waals surface area contributed by atoms with Crippen LogP contribution in [0.15, 0.2) is 115 Å². The van der Waals surface area contributed by atoms with Crippen molar-refractivity contribution in [1.82, 2.24) is 19.9 Å². The number of rotatable bonds is 10. The van der Waals surface area contributed by atoms with Crippen molar-refractivity contribution >= 4 is 103 Å². The van der Waals surface area contributed by atoms with Crippen LogP contribution in [0.1, 0.15) is 28.3 Å². The van der Waals surface area contributed by atoms with Crippen molar-refractivity contribution in [3.63, 3.8) is 0 Å². The third-order valence-electron chi connectivity index (χ3n) is 11.0. The summed E-state index contributed by atoms with van der Waals surface area (Å²) >= 11 is 25.0. The second kappa shape index (κ2) is 17.4. The second-order valence-electron chi connectivity index (χ2n) is 15.4. The van der Waals surface area contributed by atoms with Crippen molar-refractivity contribution in [2.75, 3.05) is 0 Å². The zero-order valence-corrected chi connectivity index (χ0v) is 38.1. The van der Waals surface area contributed by atoms with E-state index in [9.17, 15) is 29.9 Å². The topological polar surface area (TPSA) is 101 Å². The molecule has 3 aromatic heterocycles. The highest BCUT2D eigenvalue weighted by Crippen LogP contribution is 2.53. The maximum Gasteiger partial charge on any atom is 0.464 e. The first-order chi connectivity index (χ1) is 32.5. The van der Waals surface area contributed by atoms with Gasteiger partial charge in [-0.15, -0.1) is 0 Å². The molecule has 5 heterocycles. The molecule has 0 saturated carbocycles. The highest BCUT2D eigenvalue weighted by Gasteiger charge is 2.75. The van der Waals surface area contributed by atoms with E-state index in [1.807, 2.05) is 0 Å². The molecule has 0 amide bonds. The molecular weight excluding hydrogens is 1030 g/mol. The number of hydrogen-bond donors (Lipinski definition) is 2. The SMILES string of the molecule is O=S(=O)(F)C(F)(F)C(F)(F)OC(F)(F)C(F)(F)c1cc2[nH]c1c(-c1ccc(Cl)cc1)c1nc(c(-c3ccc(Cl)cc3)c3nc(c(-c4ccc(Cl)cc4)c4ccc([nH]4)c2-c2ccc(Cl)cc2)C=C3)C=C1. The minimum atomic E-state index is -7.73. The second-order valence-corrected chi connectivity index (χ2v) is 18.5.